The number of rotatable bonds is 4. The molecule has 0 spiro atoms. The first kappa shape index (κ1) is 14.8. The third kappa shape index (κ3) is 3.03. The molecule has 1 aliphatic heterocycles. The van der Waals surface area contributed by atoms with Gasteiger partial charge in [-0.05, 0) is 24.8 Å². The largest absolute Gasteiger partial charge is 0.342 e. The molecule has 1 aromatic heterocycles. The van der Waals surface area contributed by atoms with Gasteiger partial charge >= 0.3 is 0 Å². The van der Waals surface area contributed by atoms with E-state index in [0.29, 0.717) is 6.04 Å². The van der Waals surface area contributed by atoms with E-state index >= 15 is 0 Å². The highest BCUT2D eigenvalue weighted by Gasteiger charge is 2.28. The normalized spacial score (nSPS) is 17.4. The lowest BCUT2D eigenvalue weighted by molar-refractivity contribution is -0.134. The molecule has 0 bridgehead atoms. The molecule has 5 nitrogen and oxygen atoms in total. The summed E-state index contributed by atoms with van der Waals surface area (Å²) in [6.07, 6.45) is 6.34. The van der Waals surface area contributed by atoms with Crippen molar-refractivity contribution in [1.29, 1.82) is 0 Å². The van der Waals surface area contributed by atoms with Gasteiger partial charge in [-0.15, -0.1) is 5.10 Å². The minimum absolute atomic E-state index is 0.0240. The van der Waals surface area contributed by atoms with Crippen LogP contribution in [0.4, 0.5) is 0 Å². The van der Waals surface area contributed by atoms with E-state index in [2.05, 4.69) is 17.2 Å². The molecule has 0 unspecified atom stereocenters. The van der Waals surface area contributed by atoms with Crippen molar-refractivity contribution in [3.05, 3.63) is 48.3 Å². The number of carbonyl (C=O) groups excluding carboxylic acids is 1. The van der Waals surface area contributed by atoms with Crippen LogP contribution in [0.1, 0.15) is 43.7 Å². The Bertz CT molecular complexity index is 588. The van der Waals surface area contributed by atoms with Crippen molar-refractivity contribution >= 4 is 5.91 Å². The molecule has 1 aromatic carbocycles. The van der Waals surface area contributed by atoms with Gasteiger partial charge in [-0.2, -0.15) is 0 Å². The SMILES string of the molecule is CC[C@H](C(=O)N1CCC(n2ccnn2)CC1)c1ccccc1. The van der Waals surface area contributed by atoms with Gasteiger partial charge in [0.05, 0.1) is 18.2 Å². The first-order valence-corrected chi connectivity index (χ1v) is 7.99. The molecular formula is C17H22N4O. The van der Waals surface area contributed by atoms with E-state index in [1.54, 1.807) is 6.20 Å². The summed E-state index contributed by atoms with van der Waals surface area (Å²) in [5.74, 6) is 0.231. The predicted molar refractivity (Wildman–Crippen MR) is 84.3 cm³/mol. The van der Waals surface area contributed by atoms with Gasteiger partial charge in [0.15, 0.2) is 0 Å². The van der Waals surface area contributed by atoms with Crippen LogP contribution in [0.3, 0.4) is 0 Å². The first-order chi connectivity index (χ1) is 10.8. The molecule has 1 fully saturated rings. The van der Waals surface area contributed by atoms with E-state index in [1.807, 2.05) is 46.1 Å². The zero-order valence-electron chi connectivity index (χ0n) is 12.9. The molecule has 1 amide bonds. The number of nitrogens with zero attached hydrogens (tertiary/aromatic N) is 4. The van der Waals surface area contributed by atoms with E-state index in [9.17, 15) is 4.79 Å². The Morgan fingerprint density at radius 2 is 2.00 bits per heavy atom. The molecule has 1 aliphatic rings. The third-order valence-corrected chi connectivity index (χ3v) is 4.50. The fourth-order valence-corrected chi connectivity index (χ4v) is 3.22. The Hall–Kier alpha value is -2.17. The van der Waals surface area contributed by atoms with Crippen LogP contribution in [0, 0.1) is 0 Å². The lowest BCUT2D eigenvalue weighted by atomic mass is 9.93. The highest BCUT2D eigenvalue weighted by atomic mass is 16.2. The number of hydrogen-bond acceptors (Lipinski definition) is 3. The molecule has 2 aromatic rings. The van der Waals surface area contributed by atoms with Crippen molar-refractivity contribution in [2.24, 2.45) is 0 Å². The van der Waals surface area contributed by atoms with Crippen molar-refractivity contribution < 1.29 is 4.79 Å². The summed E-state index contributed by atoms with van der Waals surface area (Å²) in [7, 11) is 0. The molecule has 0 radical (unpaired) electrons. The molecule has 0 aliphatic carbocycles. The van der Waals surface area contributed by atoms with Gasteiger partial charge in [-0.25, -0.2) is 4.68 Å². The Morgan fingerprint density at radius 3 is 2.59 bits per heavy atom. The lowest BCUT2D eigenvalue weighted by Gasteiger charge is -2.34. The third-order valence-electron chi connectivity index (χ3n) is 4.50. The molecule has 22 heavy (non-hydrogen) atoms. The van der Waals surface area contributed by atoms with Gasteiger partial charge in [-0.3, -0.25) is 4.79 Å². The highest BCUT2D eigenvalue weighted by molar-refractivity contribution is 5.83. The number of benzene rings is 1. The number of piperidine rings is 1. The Labute approximate surface area is 130 Å². The maximum absolute atomic E-state index is 12.8. The van der Waals surface area contributed by atoms with E-state index in [4.69, 9.17) is 0 Å². The van der Waals surface area contributed by atoms with Crippen molar-refractivity contribution in [2.45, 2.75) is 38.1 Å². The van der Waals surface area contributed by atoms with Crippen molar-refractivity contribution in [1.82, 2.24) is 19.9 Å². The number of likely N-dealkylation sites (tertiary alicyclic amines) is 1. The Morgan fingerprint density at radius 1 is 1.27 bits per heavy atom. The van der Waals surface area contributed by atoms with Crippen LogP contribution in [0.2, 0.25) is 0 Å². The van der Waals surface area contributed by atoms with Crippen LogP contribution in [-0.2, 0) is 4.79 Å². The summed E-state index contributed by atoms with van der Waals surface area (Å²) in [5, 5.41) is 7.94. The fraction of sp³-hybridized carbons (Fsp3) is 0.471. The molecular weight excluding hydrogens is 276 g/mol. The van der Waals surface area contributed by atoms with E-state index < -0.39 is 0 Å². The highest BCUT2D eigenvalue weighted by Crippen LogP contribution is 2.26. The van der Waals surface area contributed by atoms with Gasteiger partial charge < -0.3 is 4.90 Å². The Kier molecular flexibility index (Phi) is 4.51. The van der Waals surface area contributed by atoms with Crippen molar-refractivity contribution in [3.63, 3.8) is 0 Å². The standard InChI is InChI=1S/C17H22N4O/c1-2-16(14-6-4-3-5-7-14)17(22)20-11-8-15(9-12-20)21-13-10-18-19-21/h3-7,10,13,15-16H,2,8-9,11-12H2,1H3/t16-/m0/s1. The molecule has 5 heteroatoms. The molecule has 2 heterocycles. The van der Waals surface area contributed by atoms with Crippen molar-refractivity contribution in [2.75, 3.05) is 13.1 Å². The second kappa shape index (κ2) is 6.73. The summed E-state index contributed by atoms with van der Waals surface area (Å²) in [6, 6.07) is 10.5. The monoisotopic (exact) mass is 298 g/mol. The lowest BCUT2D eigenvalue weighted by Crippen LogP contribution is -2.41. The molecule has 0 saturated carbocycles. The molecule has 3 rings (SSSR count). The second-order valence-corrected chi connectivity index (χ2v) is 5.81. The van der Waals surface area contributed by atoms with Crippen LogP contribution >= 0.6 is 0 Å². The first-order valence-electron chi connectivity index (χ1n) is 7.99. The maximum atomic E-state index is 12.8. The van der Waals surface area contributed by atoms with Crippen LogP contribution in [0.5, 0.6) is 0 Å². The van der Waals surface area contributed by atoms with Gasteiger partial charge in [0.2, 0.25) is 5.91 Å². The summed E-state index contributed by atoms with van der Waals surface area (Å²) >= 11 is 0. The van der Waals surface area contributed by atoms with Gasteiger partial charge in [0, 0.05) is 19.3 Å². The average Bonchev–Trinajstić information content (AvgIpc) is 3.11. The second-order valence-electron chi connectivity index (χ2n) is 5.81. The molecule has 0 N–H and O–H groups in total. The van der Waals surface area contributed by atoms with Gasteiger partial charge in [0.25, 0.3) is 0 Å². The summed E-state index contributed by atoms with van der Waals surface area (Å²) < 4.78 is 1.91. The zero-order chi connectivity index (χ0) is 15.4. The molecule has 1 saturated heterocycles. The smallest absolute Gasteiger partial charge is 0.230 e. The summed E-state index contributed by atoms with van der Waals surface area (Å²) in [6.45, 7) is 3.68. The minimum atomic E-state index is -0.0240. The minimum Gasteiger partial charge on any atom is -0.342 e. The number of amides is 1. The quantitative estimate of drug-likeness (QED) is 0.872. The topological polar surface area (TPSA) is 51.0 Å². The predicted octanol–water partition coefficient (Wildman–Crippen LogP) is 2.64. The maximum Gasteiger partial charge on any atom is 0.230 e. The van der Waals surface area contributed by atoms with Crippen LogP contribution in [0.25, 0.3) is 0 Å². The van der Waals surface area contributed by atoms with E-state index in [1.165, 1.54) is 0 Å². The van der Waals surface area contributed by atoms with E-state index in [-0.39, 0.29) is 11.8 Å². The molecule has 116 valence electrons. The van der Waals surface area contributed by atoms with E-state index in [0.717, 1.165) is 37.9 Å². The number of aromatic nitrogens is 3. The van der Waals surface area contributed by atoms with Gasteiger partial charge in [0.1, 0.15) is 0 Å². The summed E-state index contributed by atoms with van der Waals surface area (Å²) in [5.41, 5.74) is 1.12. The zero-order valence-corrected chi connectivity index (χ0v) is 12.9. The van der Waals surface area contributed by atoms with Crippen LogP contribution in [0.15, 0.2) is 42.7 Å². The number of hydrogen-bond donors (Lipinski definition) is 0. The number of carbonyl (C=O) groups is 1. The van der Waals surface area contributed by atoms with Crippen LogP contribution in [-0.4, -0.2) is 38.9 Å². The van der Waals surface area contributed by atoms with Crippen LogP contribution < -0.4 is 0 Å². The van der Waals surface area contributed by atoms with Crippen molar-refractivity contribution in [3.8, 4) is 0 Å². The summed E-state index contributed by atoms with van der Waals surface area (Å²) in [4.78, 5) is 14.8. The Balaban J connectivity index is 1.64. The fourth-order valence-electron chi connectivity index (χ4n) is 3.22. The van der Waals surface area contributed by atoms with Gasteiger partial charge in [-0.1, -0.05) is 42.5 Å². The molecule has 1 atom stereocenters. The average molecular weight is 298 g/mol.